The maximum Gasteiger partial charge on any atom is 0.274 e. The van der Waals surface area contributed by atoms with Crippen LogP contribution < -0.4 is 10.6 Å². The third-order valence-corrected chi connectivity index (χ3v) is 6.69. The Morgan fingerprint density at radius 2 is 1.84 bits per heavy atom. The molecule has 0 atom stereocenters. The normalized spacial score (nSPS) is 17.9. The van der Waals surface area contributed by atoms with E-state index < -0.39 is 11.7 Å². The van der Waals surface area contributed by atoms with Crippen molar-refractivity contribution in [1.29, 1.82) is 0 Å². The van der Waals surface area contributed by atoms with Gasteiger partial charge in [0, 0.05) is 29.2 Å². The van der Waals surface area contributed by atoms with Crippen LogP contribution in [0.3, 0.4) is 0 Å². The Morgan fingerprint density at radius 3 is 2.53 bits per heavy atom. The van der Waals surface area contributed by atoms with Crippen LogP contribution in [0.2, 0.25) is 5.02 Å². The number of aromatic nitrogens is 1. The van der Waals surface area contributed by atoms with Crippen molar-refractivity contribution in [1.82, 2.24) is 15.2 Å². The number of anilines is 1. The van der Waals surface area contributed by atoms with Crippen molar-refractivity contribution in [2.24, 2.45) is 5.92 Å². The zero-order valence-electron chi connectivity index (χ0n) is 17.9. The summed E-state index contributed by atoms with van der Waals surface area (Å²) in [5, 5.41) is 6.63. The number of halogens is 2. The summed E-state index contributed by atoms with van der Waals surface area (Å²) in [5.41, 5.74) is 1.65. The molecular formula is C24H28ClFN4O2. The van der Waals surface area contributed by atoms with E-state index in [1.54, 1.807) is 12.1 Å². The molecule has 2 fully saturated rings. The van der Waals surface area contributed by atoms with Crippen molar-refractivity contribution in [2.45, 2.75) is 51.1 Å². The van der Waals surface area contributed by atoms with Gasteiger partial charge < -0.3 is 10.6 Å². The summed E-state index contributed by atoms with van der Waals surface area (Å²) in [6.45, 7) is 2.30. The second-order valence-electron chi connectivity index (χ2n) is 8.66. The Balaban J connectivity index is 1.31. The minimum Gasteiger partial charge on any atom is -0.353 e. The Bertz CT molecular complexity index is 955. The van der Waals surface area contributed by atoms with Crippen LogP contribution in [0.4, 0.5) is 10.1 Å². The van der Waals surface area contributed by atoms with Crippen molar-refractivity contribution in [3.63, 3.8) is 0 Å². The summed E-state index contributed by atoms with van der Waals surface area (Å²) in [7, 11) is 0. The monoisotopic (exact) mass is 458 g/mol. The smallest absolute Gasteiger partial charge is 0.274 e. The molecule has 2 aliphatic rings. The molecule has 4 rings (SSSR count). The number of likely N-dealkylation sites (tertiary alicyclic amines) is 1. The first-order chi connectivity index (χ1) is 15.5. The average Bonchev–Trinajstić information content (AvgIpc) is 3.30. The van der Waals surface area contributed by atoms with Gasteiger partial charge in [0.1, 0.15) is 11.5 Å². The highest BCUT2D eigenvalue weighted by Crippen LogP contribution is 2.26. The van der Waals surface area contributed by atoms with E-state index in [0.717, 1.165) is 50.5 Å². The van der Waals surface area contributed by atoms with Gasteiger partial charge in [-0.1, -0.05) is 24.4 Å². The molecule has 1 aliphatic heterocycles. The van der Waals surface area contributed by atoms with Gasteiger partial charge in [-0.25, -0.2) is 9.37 Å². The van der Waals surface area contributed by atoms with Crippen LogP contribution in [0.25, 0.3) is 0 Å². The summed E-state index contributed by atoms with van der Waals surface area (Å²) in [4.78, 5) is 31.0. The molecule has 1 aromatic carbocycles. The molecule has 1 saturated heterocycles. The molecule has 6 nitrogen and oxygen atoms in total. The minimum atomic E-state index is -0.491. The van der Waals surface area contributed by atoms with Crippen LogP contribution in [0.15, 0.2) is 36.5 Å². The van der Waals surface area contributed by atoms with E-state index in [0.29, 0.717) is 23.3 Å². The van der Waals surface area contributed by atoms with Gasteiger partial charge in [-0.15, -0.1) is 0 Å². The highest BCUT2D eigenvalue weighted by Gasteiger charge is 2.27. The van der Waals surface area contributed by atoms with E-state index in [1.165, 1.54) is 25.0 Å². The number of carbonyl (C=O) groups is 2. The predicted octanol–water partition coefficient (Wildman–Crippen LogP) is 4.40. The topological polar surface area (TPSA) is 74.3 Å². The van der Waals surface area contributed by atoms with Crippen LogP contribution in [0.5, 0.6) is 0 Å². The second-order valence-corrected chi connectivity index (χ2v) is 9.07. The lowest BCUT2D eigenvalue weighted by molar-refractivity contribution is -0.127. The van der Waals surface area contributed by atoms with E-state index in [9.17, 15) is 14.0 Å². The number of pyridine rings is 1. The largest absolute Gasteiger partial charge is 0.353 e. The van der Waals surface area contributed by atoms with Crippen LogP contribution >= 0.6 is 11.6 Å². The molecule has 2 amide bonds. The summed E-state index contributed by atoms with van der Waals surface area (Å²) in [5.74, 6) is -0.618. The number of hydrogen-bond acceptors (Lipinski definition) is 4. The lowest BCUT2D eigenvalue weighted by Crippen LogP contribution is -2.43. The first kappa shape index (κ1) is 22.7. The Hall–Kier alpha value is -2.51. The number of piperidine rings is 1. The van der Waals surface area contributed by atoms with Crippen molar-refractivity contribution in [3.05, 3.63) is 58.6 Å². The minimum absolute atomic E-state index is 0.0798. The number of nitrogens with one attached hydrogen (secondary N) is 2. The van der Waals surface area contributed by atoms with Crippen molar-refractivity contribution >= 4 is 29.1 Å². The zero-order valence-corrected chi connectivity index (χ0v) is 18.7. The molecule has 2 heterocycles. The highest BCUT2D eigenvalue weighted by molar-refractivity contribution is 6.31. The number of rotatable bonds is 6. The van der Waals surface area contributed by atoms with E-state index in [1.807, 2.05) is 6.07 Å². The van der Waals surface area contributed by atoms with E-state index in [2.05, 4.69) is 20.5 Å². The zero-order chi connectivity index (χ0) is 22.5. The summed E-state index contributed by atoms with van der Waals surface area (Å²) < 4.78 is 13.0. The summed E-state index contributed by atoms with van der Waals surface area (Å²) in [6.07, 6.45) is 7.32. The number of benzene rings is 1. The van der Waals surface area contributed by atoms with Gasteiger partial charge in [0.2, 0.25) is 5.91 Å². The van der Waals surface area contributed by atoms with Crippen molar-refractivity contribution in [3.8, 4) is 0 Å². The maximum atomic E-state index is 13.0. The molecule has 1 saturated carbocycles. The molecule has 32 heavy (non-hydrogen) atoms. The number of nitrogens with zero attached hydrogens (tertiary/aromatic N) is 2. The van der Waals surface area contributed by atoms with Gasteiger partial charge in [-0.2, -0.15) is 0 Å². The number of carbonyl (C=O) groups excluding carboxylic acids is 2. The fourth-order valence-corrected chi connectivity index (χ4v) is 4.64. The summed E-state index contributed by atoms with van der Waals surface area (Å²) >= 11 is 6.40. The molecule has 2 aromatic rings. The third kappa shape index (κ3) is 5.84. The summed E-state index contributed by atoms with van der Waals surface area (Å²) in [6, 6.07) is 8.24. The van der Waals surface area contributed by atoms with E-state index in [-0.39, 0.29) is 17.5 Å². The van der Waals surface area contributed by atoms with Crippen molar-refractivity contribution in [2.75, 3.05) is 18.4 Å². The fourth-order valence-electron chi connectivity index (χ4n) is 4.46. The van der Waals surface area contributed by atoms with Crippen molar-refractivity contribution < 1.29 is 14.0 Å². The lowest BCUT2D eigenvalue weighted by atomic mass is 9.95. The lowest BCUT2D eigenvalue weighted by Gasteiger charge is -2.32. The van der Waals surface area contributed by atoms with E-state index >= 15 is 0 Å². The van der Waals surface area contributed by atoms with Gasteiger partial charge in [0.05, 0.1) is 6.20 Å². The van der Waals surface area contributed by atoms with Crippen LogP contribution in [-0.2, 0) is 11.3 Å². The van der Waals surface area contributed by atoms with Gasteiger partial charge in [-0.05, 0) is 74.7 Å². The first-order valence-electron chi connectivity index (χ1n) is 11.2. The molecule has 8 heteroatoms. The molecule has 2 N–H and O–H groups in total. The van der Waals surface area contributed by atoms with Crippen LogP contribution in [0, 0.1) is 11.7 Å². The second kappa shape index (κ2) is 10.4. The SMILES string of the molecule is O=C(Nc1ccc(Cl)c(CN2CCC(C(=O)NC3CCCC3)CC2)c1)c1ccc(F)cn1. The predicted molar refractivity (Wildman–Crippen MR) is 122 cm³/mol. The Labute approximate surface area is 192 Å². The Kier molecular flexibility index (Phi) is 7.37. The van der Waals surface area contributed by atoms with Gasteiger partial charge in [-0.3, -0.25) is 14.5 Å². The molecule has 0 radical (unpaired) electrons. The quantitative estimate of drug-likeness (QED) is 0.673. The first-order valence-corrected chi connectivity index (χ1v) is 11.6. The van der Waals surface area contributed by atoms with E-state index in [4.69, 9.17) is 11.6 Å². The third-order valence-electron chi connectivity index (χ3n) is 6.32. The van der Waals surface area contributed by atoms with Crippen LogP contribution in [-0.4, -0.2) is 40.8 Å². The Morgan fingerprint density at radius 1 is 1.09 bits per heavy atom. The van der Waals surface area contributed by atoms with Crippen LogP contribution in [0.1, 0.15) is 54.6 Å². The van der Waals surface area contributed by atoms with Gasteiger partial charge in [0.25, 0.3) is 5.91 Å². The number of amides is 2. The molecule has 1 aromatic heterocycles. The molecule has 170 valence electrons. The molecular weight excluding hydrogens is 431 g/mol. The average molecular weight is 459 g/mol. The number of hydrogen-bond donors (Lipinski definition) is 2. The molecule has 1 aliphatic carbocycles. The fraction of sp³-hybridized carbons (Fsp3) is 0.458. The van der Waals surface area contributed by atoms with Gasteiger partial charge >= 0.3 is 0 Å². The maximum absolute atomic E-state index is 13.0. The standard InChI is InChI=1S/C24H28ClFN4O2/c25-21-7-6-20(29-24(32)22-8-5-18(26)14-27-22)13-17(21)15-30-11-9-16(10-12-30)23(31)28-19-3-1-2-4-19/h5-8,13-14,16,19H,1-4,9-12,15H2,(H,28,31)(H,29,32). The molecule has 0 spiro atoms. The van der Waals surface area contributed by atoms with Gasteiger partial charge in [0.15, 0.2) is 0 Å². The highest BCUT2D eigenvalue weighted by atomic mass is 35.5. The molecule has 0 unspecified atom stereocenters. The molecule has 0 bridgehead atoms.